The molecule has 0 spiro atoms. The molecule has 0 bridgehead atoms. The van der Waals surface area contributed by atoms with Gasteiger partial charge in [0.2, 0.25) is 5.91 Å². The first kappa shape index (κ1) is 18.4. The molecule has 1 aliphatic heterocycles. The molecule has 0 aliphatic carbocycles. The number of likely N-dealkylation sites (tertiary alicyclic amines) is 1. The maximum atomic E-state index is 12.8. The van der Waals surface area contributed by atoms with Crippen LogP contribution >= 0.6 is 15.9 Å². The van der Waals surface area contributed by atoms with Crippen molar-refractivity contribution in [1.82, 2.24) is 24.1 Å². The maximum Gasteiger partial charge on any atom is 0.224 e. The van der Waals surface area contributed by atoms with Gasteiger partial charge in [-0.15, -0.1) is 10.2 Å². The van der Waals surface area contributed by atoms with Gasteiger partial charge in [-0.1, -0.05) is 28.1 Å². The molecule has 1 aliphatic rings. The van der Waals surface area contributed by atoms with Gasteiger partial charge in [-0.2, -0.15) is 0 Å². The number of carbonyl (C=O) groups excluding carboxylic acids is 1. The number of fused-ring (bicyclic) bond motifs is 2. The number of nitrogens with zero attached hydrogens (tertiary/aromatic N) is 5. The van der Waals surface area contributed by atoms with Gasteiger partial charge < -0.3 is 9.47 Å². The number of hydrogen-bond donors (Lipinski definition) is 0. The van der Waals surface area contributed by atoms with Crippen molar-refractivity contribution in [3.8, 4) is 0 Å². The Kier molecular flexibility index (Phi) is 4.83. The van der Waals surface area contributed by atoms with Crippen LogP contribution in [0.2, 0.25) is 0 Å². The average Bonchev–Trinajstić information content (AvgIpc) is 3.36. The lowest BCUT2D eigenvalue weighted by Gasteiger charge is -2.31. The number of pyridine rings is 1. The van der Waals surface area contributed by atoms with Crippen molar-refractivity contribution in [2.75, 3.05) is 13.1 Å². The van der Waals surface area contributed by atoms with Crippen molar-refractivity contribution < 1.29 is 4.79 Å². The maximum absolute atomic E-state index is 12.8. The van der Waals surface area contributed by atoms with Crippen LogP contribution in [0.5, 0.6) is 0 Å². The predicted octanol–water partition coefficient (Wildman–Crippen LogP) is 4.24. The van der Waals surface area contributed by atoms with Gasteiger partial charge in [-0.05, 0) is 48.6 Å². The van der Waals surface area contributed by atoms with Crippen LogP contribution in [0.25, 0.3) is 16.6 Å². The summed E-state index contributed by atoms with van der Waals surface area (Å²) in [4.78, 5) is 14.8. The number of hydrogen-bond acceptors (Lipinski definition) is 3. The monoisotopic (exact) mass is 451 g/mol. The van der Waals surface area contributed by atoms with E-state index in [1.54, 1.807) is 0 Å². The van der Waals surface area contributed by atoms with Gasteiger partial charge in [0.05, 0.1) is 0 Å². The molecule has 29 heavy (non-hydrogen) atoms. The van der Waals surface area contributed by atoms with Crippen molar-refractivity contribution in [3.63, 3.8) is 0 Å². The Hall–Kier alpha value is -2.67. The summed E-state index contributed by atoms with van der Waals surface area (Å²) in [5.41, 5.74) is 2.04. The van der Waals surface area contributed by atoms with Crippen LogP contribution in [0.15, 0.2) is 59.3 Å². The second kappa shape index (κ2) is 7.63. The number of rotatable bonds is 4. The van der Waals surface area contributed by atoms with Crippen LogP contribution in [0.4, 0.5) is 0 Å². The molecule has 4 heterocycles. The van der Waals surface area contributed by atoms with E-state index in [-0.39, 0.29) is 5.91 Å². The van der Waals surface area contributed by atoms with Gasteiger partial charge in [-0.25, -0.2) is 0 Å². The van der Waals surface area contributed by atoms with E-state index >= 15 is 0 Å². The lowest BCUT2D eigenvalue weighted by atomic mass is 9.95. The molecule has 3 aromatic heterocycles. The summed E-state index contributed by atoms with van der Waals surface area (Å²) in [6, 6.07) is 14.3. The van der Waals surface area contributed by atoms with Gasteiger partial charge in [0.15, 0.2) is 5.65 Å². The fourth-order valence-corrected chi connectivity index (χ4v) is 4.60. The molecule has 4 aromatic rings. The van der Waals surface area contributed by atoms with Gasteiger partial charge >= 0.3 is 0 Å². The van der Waals surface area contributed by atoms with E-state index in [1.807, 2.05) is 35.4 Å². The Morgan fingerprint density at radius 3 is 2.79 bits per heavy atom. The number of halogens is 1. The van der Waals surface area contributed by atoms with E-state index in [9.17, 15) is 4.79 Å². The third-order valence-electron chi connectivity index (χ3n) is 5.86. The lowest BCUT2D eigenvalue weighted by molar-refractivity contribution is -0.132. The summed E-state index contributed by atoms with van der Waals surface area (Å²) in [5, 5.41) is 9.86. The quantitative estimate of drug-likeness (QED) is 0.466. The molecule has 0 radical (unpaired) electrons. The predicted molar refractivity (Wildman–Crippen MR) is 116 cm³/mol. The topological polar surface area (TPSA) is 55.4 Å². The molecule has 7 heteroatoms. The standard InChI is InChI=1S/C22H22BrN5O/c23-18-5-4-16-6-11-26(19(16)15-18)14-9-21(29)27-12-7-17(8-13-27)22-25-24-20-3-1-2-10-28(20)22/h1-6,10-11,15,17H,7-9,12-14H2. The zero-order valence-corrected chi connectivity index (χ0v) is 17.6. The number of amides is 1. The smallest absolute Gasteiger partial charge is 0.224 e. The largest absolute Gasteiger partial charge is 0.347 e. The molecule has 1 aromatic carbocycles. The number of aryl methyl sites for hydroxylation is 1. The third-order valence-corrected chi connectivity index (χ3v) is 6.35. The van der Waals surface area contributed by atoms with E-state index in [4.69, 9.17) is 0 Å². The summed E-state index contributed by atoms with van der Waals surface area (Å²) in [5.74, 6) is 1.59. The molecule has 0 N–H and O–H groups in total. The molecule has 5 rings (SSSR count). The highest BCUT2D eigenvalue weighted by Crippen LogP contribution is 2.27. The second-order valence-electron chi connectivity index (χ2n) is 7.60. The Bertz CT molecular complexity index is 1170. The third kappa shape index (κ3) is 3.55. The SMILES string of the molecule is O=C(CCn1ccc2ccc(Br)cc21)N1CCC(c2nnc3ccccn23)CC1. The first-order valence-electron chi connectivity index (χ1n) is 10.0. The molecule has 1 fully saturated rings. The highest BCUT2D eigenvalue weighted by molar-refractivity contribution is 9.10. The van der Waals surface area contributed by atoms with Gasteiger partial charge in [-0.3, -0.25) is 9.20 Å². The summed E-state index contributed by atoms with van der Waals surface area (Å²) in [6.45, 7) is 2.26. The van der Waals surface area contributed by atoms with Crippen LogP contribution in [-0.2, 0) is 11.3 Å². The highest BCUT2D eigenvalue weighted by atomic mass is 79.9. The zero-order valence-electron chi connectivity index (χ0n) is 16.0. The molecular formula is C22H22BrN5O. The minimum absolute atomic E-state index is 0.228. The molecular weight excluding hydrogens is 430 g/mol. The Balaban J connectivity index is 1.20. The van der Waals surface area contributed by atoms with Crippen LogP contribution in [-0.4, -0.2) is 43.1 Å². The lowest BCUT2D eigenvalue weighted by Crippen LogP contribution is -2.38. The first-order chi connectivity index (χ1) is 14.2. The van der Waals surface area contributed by atoms with Crippen LogP contribution in [0.1, 0.15) is 31.0 Å². The van der Waals surface area contributed by atoms with E-state index in [0.29, 0.717) is 18.9 Å². The minimum atomic E-state index is 0.228. The fraction of sp³-hybridized carbons (Fsp3) is 0.318. The number of carbonyl (C=O) groups is 1. The molecule has 1 saturated heterocycles. The first-order valence-corrected chi connectivity index (χ1v) is 10.8. The van der Waals surface area contributed by atoms with Crippen molar-refractivity contribution in [2.45, 2.75) is 31.7 Å². The second-order valence-corrected chi connectivity index (χ2v) is 8.52. The summed E-state index contributed by atoms with van der Waals surface area (Å²) in [7, 11) is 0. The van der Waals surface area contributed by atoms with Crippen molar-refractivity contribution >= 4 is 38.4 Å². The normalized spacial score (nSPS) is 15.4. The number of piperidine rings is 1. The van der Waals surface area contributed by atoms with E-state index in [0.717, 1.165) is 47.4 Å². The highest BCUT2D eigenvalue weighted by Gasteiger charge is 2.26. The zero-order chi connectivity index (χ0) is 19.8. The molecule has 0 atom stereocenters. The van der Waals surface area contributed by atoms with Gasteiger partial charge in [0.1, 0.15) is 5.82 Å². The number of aromatic nitrogens is 4. The van der Waals surface area contributed by atoms with Crippen molar-refractivity contribution in [1.29, 1.82) is 0 Å². The minimum Gasteiger partial charge on any atom is -0.347 e. The van der Waals surface area contributed by atoms with Crippen LogP contribution in [0, 0.1) is 0 Å². The van der Waals surface area contributed by atoms with Crippen LogP contribution < -0.4 is 0 Å². The van der Waals surface area contributed by atoms with Gasteiger partial charge in [0.25, 0.3) is 0 Å². The Labute approximate surface area is 177 Å². The van der Waals surface area contributed by atoms with Crippen molar-refractivity contribution in [3.05, 3.63) is 65.2 Å². The molecule has 6 nitrogen and oxygen atoms in total. The number of benzene rings is 1. The molecule has 0 saturated carbocycles. The van der Waals surface area contributed by atoms with E-state index < -0.39 is 0 Å². The van der Waals surface area contributed by atoms with Crippen LogP contribution in [0.3, 0.4) is 0 Å². The molecule has 0 unspecified atom stereocenters. The summed E-state index contributed by atoms with van der Waals surface area (Å²) in [6.07, 6.45) is 6.46. The summed E-state index contributed by atoms with van der Waals surface area (Å²) >= 11 is 3.53. The van der Waals surface area contributed by atoms with E-state index in [2.05, 4.69) is 59.5 Å². The fourth-order valence-electron chi connectivity index (χ4n) is 4.25. The summed E-state index contributed by atoms with van der Waals surface area (Å²) < 4.78 is 5.28. The van der Waals surface area contributed by atoms with Crippen molar-refractivity contribution in [2.24, 2.45) is 0 Å². The van der Waals surface area contributed by atoms with Gasteiger partial charge in [0, 0.05) is 54.4 Å². The molecule has 148 valence electrons. The van der Waals surface area contributed by atoms with E-state index in [1.165, 1.54) is 5.39 Å². The Morgan fingerprint density at radius 2 is 1.93 bits per heavy atom. The Morgan fingerprint density at radius 1 is 1.07 bits per heavy atom. The average molecular weight is 452 g/mol. The molecule has 1 amide bonds.